The number of hydrogen-bond acceptors (Lipinski definition) is 2. The standard InChI is InChI=1S/C12H21NO2/c14-12(15)10-7-4-8-11(10)13-9-5-2-1-3-6-9/h9-11,13H,1-8H2,(H,14,15)/t10-,11+/m1/s1. The van der Waals surface area contributed by atoms with Gasteiger partial charge in [-0.1, -0.05) is 25.7 Å². The van der Waals surface area contributed by atoms with Crippen molar-refractivity contribution in [3.8, 4) is 0 Å². The van der Waals surface area contributed by atoms with Crippen molar-refractivity contribution in [2.24, 2.45) is 5.92 Å². The van der Waals surface area contributed by atoms with Gasteiger partial charge in [0, 0.05) is 12.1 Å². The van der Waals surface area contributed by atoms with E-state index in [4.69, 9.17) is 5.11 Å². The van der Waals surface area contributed by atoms with Gasteiger partial charge in [-0.15, -0.1) is 0 Å². The third-order valence-corrected chi connectivity index (χ3v) is 3.89. The summed E-state index contributed by atoms with van der Waals surface area (Å²) in [7, 11) is 0. The third-order valence-electron chi connectivity index (χ3n) is 3.89. The molecule has 2 atom stereocenters. The van der Waals surface area contributed by atoms with E-state index in [1.54, 1.807) is 0 Å². The summed E-state index contributed by atoms with van der Waals surface area (Å²) in [6, 6.07) is 0.828. The second-order valence-electron chi connectivity index (χ2n) is 4.98. The molecule has 0 radical (unpaired) electrons. The molecule has 0 heterocycles. The van der Waals surface area contributed by atoms with Crippen LogP contribution in [0.2, 0.25) is 0 Å². The Morgan fingerprint density at radius 3 is 2.40 bits per heavy atom. The van der Waals surface area contributed by atoms with Crippen molar-refractivity contribution >= 4 is 5.97 Å². The summed E-state index contributed by atoms with van der Waals surface area (Å²) in [5, 5.41) is 12.6. The van der Waals surface area contributed by atoms with Crippen molar-refractivity contribution in [1.29, 1.82) is 0 Å². The Kier molecular flexibility index (Phi) is 3.62. The van der Waals surface area contributed by atoms with Crippen LogP contribution in [0, 0.1) is 5.92 Å². The number of nitrogens with one attached hydrogen (secondary N) is 1. The molecule has 2 saturated carbocycles. The van der Waals surface area contributed by atoms with Gasteiger partial charge in [0.15, 0.2) is 0 Å². The average molecular weight is 211 g/mol. The molecule has 15 heavy (non-hydrogen) atoms. The maximum absolute atomic E-state index is 11.0. The van der Waals surface area contributed by atoms with Crippen LogP contribution < -0.4 is 5.32 Å². The number of hydrogen-bond donors (Lipinski definition) is 2. The molecule has 2 fully saturated rings. The molecule has 0 bridgehead atoms. The Bertz CT molecular complexity index is 224. The Labute approximate surface area is 91.2 Å². The second-order valence-corrected chi connectivity index (χ2v) is 4.98. The third kappa shape index (κ3) is 2.71. The van der Waals surface area contributed by atoms with Crippen molar-refractivity contribution in [3.05, 3.63) is 0 Å². The lowest BCUT2D eigenvalue weighted by atomic mass is 9.93. The summed E-state index contributed by atoms with van der Waals surface area (Å²) < 4.78 is 0. The van der Waals surface area contributed by atoms with Gasteiger partial charge in [-0.2, -0.15) is 0 Å². The van der Waals surface area contributed by atoms with Gasteiger partial charge < -0.3 is 10.4 Å². The van der Waals surface area contributed by atoms with E-state index in [-0.39, 0.29) is 12.0 Å². The van der Waals surface area contributed by atoms with Crippen LogP contribution in [0.5, 0.6) is 0 Å². The number of carbonyl (C=O) groups is 1. The van der Waals surface area contributed by atoms with Gasteiger partial charge in [0.05, 0.1) is 5.92 Å². The van der Waals surface area contributed by atoms with Crippen LogP contribution >= 0.6 is 0 Å². The van der Waals surface area contributed by atoms with Gasteiger partial charge in [0.1, 0.15) is 0 Å². The Balaban J connectivity index is 1.84. The Morgan fingerprint density at radius 1 is 1.00 bits per heavy atom. The molecule has 2 N–H and O–H groups in total. The van der Waals surface area contributed by atoms with Crippen LogP contribution in [0.3, 0.4) is 0 Å². The molecular formula is C12H21NO2. The molecule has 0 aromatic heterocycles. The van der Waals surface area contributed by atoms with E-state index in [0.29, 0.717) is 6.04 Å². The fourth-order valence-electron chi connectivity index (χ4n) is 3.03. The molecule has 0 amide bonds. The van der Waals surface area contributed by atoms with E-state index >= 15 is 0 Å². The molecule has 2 aliphatic rings. The van der Waals surface area contributed by atoms with E-state index < -0.39 is 5.97 Å². The first-order valence-electron chi connectivity index (χ1n) is 6.26. The van der Waals surface area contributed by atoms with Gasteiger partial charge >= 0.3 is 5.97 Å². The molecule has 2 rings (SSSR count). The summed E-state index contributed by atoms with van der Waals surface area (Å²) in [5.41, 5.74) is 0. The Morgan fingerprint density at radius 2 is 1.73 bits per heavy atom. The van der Waals surface area contributed by atoms with Crippen LogP contribution in [0.4, 0.5) is 0 Å². The topological polar surface area (TPSA) is 49.3 Å². The molecule has 3 nitrogen and oxygen atoms in total. The molecule has 0 saturated heterocycles. The van der Waals surface area contributed by atoms with Crippen LogP contribution in [0.25, 0.3) is 0 Å². The summed E-state index contributed by atoms with van der Waals surface area (Å²) in [6.07, 6.45) is 9.43. The normalized spacial score (nSPS) is 33.1. The van der Waals surface area contributed by atoms with E-state index in [1.165, 1.54) is 32.1 Å². The van der Waals surface area contributed by atoms with Gasteiger partial charge in [-0.05, 0) is 25.7 Å². The van der Waals surface area contributed by atoms with E-state index in [1.807, 2.05) is 0 Å². The highest BCUT2D eigenvalue weighted by atomic mass is 16.4. The molecule has 0 aliphatic heterocycles. The van der Waals surface area contributed by atoms with Crippen LogP contribution in [-0.4, -0.2) is 23.2 Å². The zero-order valence-electron chi connectivity index (χ0n) is 9.24. The van der Waals surface area contributed by atoms with Crippen molar-refractivity contribution in [1.82, 2.24) is 5.32 Å². The smallest absolute Gasteiger partial charge is 0.308 e. The lowest BCUT2D eigenvalue weighted by Gasteiger charge is -2.28. The first kappa shape index (κ1) is 10.9. The summed E-state index contributed by atoms with van der Waals surface area (Å²) in [6.45, 7) is 0. The predicted octanol–water partition coefficient (Wildman–Crippen LogP) is 2.16. The van der Waals surface area contributed by atoms with Crippen molar-refractivity contribution < 1.29 is 9.90 Å². The molecular weight excluding hydrogens is 190 g/mol. The Hall–Kier alpha value is -0.570. The number of rotatable bonds is 3. The predicted molar refractivity (Wildman–Crippen MR) is 58.8 cm³/mol. The molecule has 86 valence electrons. The zero-order chi connectivity index (χ0) is 10.7. The molecule has 0 unspecified atom stereocenters. The van der Waals surface area contributed by atoms with Gasteiger partial charge in [-0.3, -0.25) is 4.79 Å². The minimum absolute atomic E-state index is 0.132. The zero-order valence-corrected chi connectivity index (χ0v) is 9.24. The molecule has 2 aliphatic carbocycles. The SMILES string of the molecule is O=C(O)[C@@H]1CCC[C@@H]1NC1CCCCC1. The quantitative estimate of drug-likeness (QED) is 0.752. The highest BCUT2D eigenvalue weighted by Gasteiger charge is 2.34. The van der Waals surface area contributed by atoms with E-state index in [9.17, 15) is 4.79 Å². The average Bonchev–Trinajstić information content (AvgIpc) is 2.67. The molecule has 0 spiro atoms. The van der Waals surface area contributed by atoms with Crippen LogP contribution in [0.1, 0.15) is 51.4 Å². The van der Waals surface area contributed by atoms with Crippen molar-refractivity contribution in [2.75, 3.05) is 0 Å². The maximum Gasteiger partial charge on any atom is 0.308 e. The van der Waals surface area contributed by atoms with Gasteiger partial charge in [0.2, 0.25) is 0 Å². The van der Waals surface area contributed by atoms with Crippen molar-refractivity contribution in [3.63, 3.8) is 0 Å². The first-order chi connectivity index (χ1) is 7.27. The summed E-state index contributed by atoms with van der Waals surface area (Å²) >= 11 is 0. The lowest BCUT2D eigenvalue weighted by Crippen LogP contribution is -2.43. The van der Waals surface area contributed by atoms with Crippen LogP contribution in [-0.2, 0) is 4.79 Å². The minimum atomic E-state index is -0.610. The lowest BCUT2D eigenvalue weighted by molar-refractivity contribution is -0.142. The van der Waals surface area contributed by atoms with Crippen LogP contribution in [0.15, 0.2) is 0 Å². The number of carboxylic acids is 1. The monoisotopic (exact) mass is 211 g/mol. The largest absolute Gasteiger partial charge is 0.481 e. The van der Waals surface area contributed by atoms with Gasteiger partial charge in [-0.25, -0.2) is 0 Å². The molecule has 0 aromatic carbocycles. The van der Waals surface area contributed by atoms with E-state index in [0.717, 1.165) is 19.3 Å². The number of aliphatic carboxylic acids is 1. The maximum atomic E-state index is 11.0. The van der Waals surface area contributed by atoms with Gasteiger partial charge in [0.25, 0.3) is 0 Å². The molecule has 0 aromatic rings. The summed E-state index contributed by atoms with van der Waals surface area (Å²) in [4.78, 5) is 11.0. The minimum Gasteiger partial charge on any atom is -0.481 e. The summed E-state index contributed by atoms with van der Waals surface area (Å²) in [5.74, 6) is -0.743. The molecule has 3 heteroatoms. The highest BCUT2D eigenvalue weighted by molar-refractivity contribution is 5.71. The first-order valence-corrected chi connectivity index (χ1v) is 6.26. The van der Waals surface area contributed by atoms with E-state index in [2.05, 4.69) is 5.32 Å². The highest BCUT2D eigenvalue weighted by Crippen LogP contribution is 2.28. The number of carboxylic acid groups (broad SMARTS) is 1. The second kappa shape index (κ2) is 4.97. The fraction of sp³-hybridized carbons (Fsp3) is 0.917. The van der Waals surface area contributed by atoms with Crippen molar-refractivity contribution in [2.45, 2.75) is 63.5 Å². The fourth-order valence-corrected chi connectivity index (χ4v) is 3.03.